The molecule has 18 heavy (non-hydrogen) atoms. The van der Waals surface area contributed by atoms with Crippen molar-refractivity contribution in [2.24, 2.45) is 0 Å². The summed E-state index contributed by atoms with van der Waals surface area (Å²) in [6.07, 6.45) is 0. The Kier molecular flexibility index (Phi) is 3.43. The third kappa shape index (κ3) is 2.75. The van der Waals surface area contributed by atoms with Crippen LogP contribution in [0, 0.1) is 0 Å². The van der Waals surface area contributed by atoms with Gasteiger partial charge < -0.3 is 15.9 Å². The molecular formula is C13H11NO3S. The van der Waals surface area contributed by atoms with E-state index < -0.39 is 5.97 Å². The van der Waals surface area contributed by atoms with Gasteiger partial charge in [0.15, 0.2) is 0 Å². The van der Waals surface area contributed by atoms with Crippen LogP contribution in [0.1, 0.15) is 10.4 Å². The van der Waals surface area contributed by atoms with Gasteiger partial charge in [0.05, 0.1) is 0 Å². The zero-order chi connectivity index (χ0) is 13.1. The maximum absolute atomic E-state index is 10.7. The van der Waals surface area contributed by atoms with Crippen LogP contribution in [-0.4, -0.2) is 16.2 Å². The van der Waals surface area contributed by atoms with Crippen molar-refractivity contribution in [3.05, 3.63) is 48.0 Å². The smallest absolute Gasteiger partial charge is 0.339 e. The van der Waals surface area contributed by atoms with Crippen LogP contribution < -0.4 is 5.73 Å². The van der Waals surface area contributed by atoms with E-state index in [1.807, 2.05) is 12.1 Å². The molecule has 92 valence electrons. The second kappa shape index (κ2) is 5.01. The summed E-state index contributed by atoms with van der Waals surface area (Å²) >= 11 is 1.42. The molecule has 4 N–H and O–H groups in total. The van der Waals surface area contributed by atoms with Gasteiger partial charge in [0, 0.05) is 15.5 Å². The molecule has 4 nitrogen and oxygen atoms in total. The first-order valence-electron chi connectivity index (χ1n) is 5.16. The number of phenols is 1. The second-order valence-electron chi connectivity index (χ2n) is 3.66. The molecule has 2 aromatic carbocycles. The maximum Gasteiger partial charge on any atom is 0.339 e. The lowest BCUT2D eigenvalue weighted by atomic mass is 10.2. The summed E-state index contributed by atoms with van der Waals surface area (Å²) in [6, 6.07) is 11.8. The molecule has 0 aromatic heterocycles. The predicted octanol–water partition coefficient (Wildman–Crippen LogP) is 2.82. The number of aromatic hydroxyl groups is 1. The highest BCUT2D eigenvalue weighted by molar-refractivity contribution is 7.99. The molecule has 0 heterocycles. The van der Waals surface area contributed by atoms with E-state index in [0.717, 1.165) is 9.79 Å². The fourth-order valence-corrected chi connectivity index (χ4v) is 2.28. The quantitative estimate of drug-likeness (QED) is 0.740. The van der Waals surface area contributed by atoms with Crippen LogP contribution in [0.3, 0.4) is 0 Å². The summed E-state index contributed by atoms with van der Waals surface area (Å²) in [5.41, 5.74) is 6.17. The lowest BCUT2D eigenvalue weighted by Gasteiger charge is -2.04. The van der Waals surface area contributed by atoms with Crippen LogP contribution in [0.15, 0.2) is 52.3 Å². The number of aromatic carboxylic acids is 1. The molecular weight excluding hydrogens is 250 g/mol. The topological polar surface area (TPSA) is 83.6 Å². The van der Waals surface area contributed by atoms with Gasteiger partial charge in [-0.2, -0.15) is 0 Å². The van der Waals surface area contributed by atoms with E-state index in [9.17, 15) is 9.90 Å². The summed E-state index contributed by atoms with van der Waals surface area (Å²) in [5, 5.41) is 18.4. The standard InChI is InChI=1S/C13H11NO3S/c14-8-1-3-9(4-2-8)18-10-5-6-11(13(16)17)12(15)7-10/h1-7,15H,14H2,(H,16,17). The van der Waals surface area contributed by atoms with E-state index in [2.05, 4.69) is 0 Å². The highest BCUT2D eigenvalue weighted by Crippen LogP contribution is 2.31. The van der Waals surface area contributed by atoms with Gasteiger partial charge in [0.25, 0.3) is 0 Å². The number of carboxylic acids is 1. The van der Waals surface area contributed by atoms with Gasteiger partial charge in [-0.3, -0.25) is 0 Å². The lowest BCUT2D eigenvalue weighted by molar-refractivity contribution is 0.0693. The first-order valence-corrected chi connectivity index (χ1v) is 5.97. The fourth-order valence-electron chi connectivity index (χ4n) is 1.43. The van der Waals surface area contributed by atoms with Crippen LogP contribution in [0.4, 0.5) is 5.69 Å². The number of carboxylic acid groups (broad SMARTS) is 1. The summed E-state index contributed by atoms with van der Waals surface area (Å²) in [7, 11) is 0. The Bertz CT molecular complexity index is 581. The molecule has 0 amide bonds. The second-order valence-corrected chi connectivity index (χ2v) is 4.80. The van der Waals surface area contributed by atoms with Crippen molar-refractivity contribution in [2.45, 2.75) is 9.79 Å². The molecule has 0 atom stereocenters. The van der Waals surface area contributed by atoms with Crippen LogP contribution in [0.25, 0.3) is 0 Å². The number of anilines is 1. The molecule has 0 saturated carbocycles. The molecule has 2 aromatic rings. The highest BCUT2D eigenvalue weighted by Gasteiger charge is 2.10. The summed E-state index contributed by atoms with van der Waals surface area (Å²) in [6.45, 7) is 0. The van der Waals surface area contributed by atoms with Crippen molar-refractivity contribution in [3.8, 4) is 5.75 Å². The van der Waals surface area contributed by atoms with Crippen molar-refractivity contribution >= 4 is 23.4 Å². The Morgan fingerprint density at radius 2 is 1.67 bits per heavy atom. The number of nitrogen functional groups attached to an aromatic ring is 1. The first kappa shape index (κ1) is 12.3. The van der Waals surface area contributed by atoms with Crippen molar-refractivity contribution < 1.29 is 15.0 Å². The largest absolute Gasteiger partial charge is 0.507 e. The van der Waals surface area contributed by atoms with Gasteiger partial charge >= 0.3 is 5.97 Å². The Hall–Kier alpha value is -2.14. The highest BCUT2D eigenvalue weighted by atomic mass is 32.2. The van der Waals surface area contributed by atoms with E-state index in [1.165, 1.54) is 23.9 Å². The fraction of sp³-hybridized carbons (Fsp3) is 0. The van der Waals surface area contributed by atoms with Gasteiger partial charge in [0.1, 0.15) is 11.3 Å². The predicted molar refractivity (Wildman–Crippen MR) is 70.0 cm³/mol. The molecule has 0 fully saturated rings. The Morgan fingerprint density at radius 1 is 1.06 bits per heavy atom. The maximum atomic E-state index is 10.7. The van der Waals surface area contributed by atoms with Crippen LogP contribution in [-0.2, 0) is 0 Å². The Morgan fingerprint density at radius 3 is 2.22 bits per heavy atom. The van der Waals surface area contributed by atoms with Gasteiger partial charge in [-0.05, 0) is 42.5 Å². The Labute approximate surface area is 108 Å². The van der Waals surface area contributed by atoms with Gasteiger partial charge in [0.2, 0.25) is 0 Å². The molecule has 0 saturated heterocycles. The van der Waals surface area contributed by atoms with Gasteiger partial charge in [-0.15, -0.1) is 0 Å². The van der Waals surface area contributed by atoms with E-state index in [4.69, 9.17) is 10.8 Å². The van der Waals surface area contributed by atoms with Crippen molar-refractivity contribution in [3.63, 3.8) is 0 Å². The number of rotatable bonds is 3. The summed E-state index contributed by atoms with van der Waals surface area (Å²) in [5.74, 6) is -1.38. The molecule has 5 heteroatoms. The summed E-state index contributed by atoms with van der Waals surface area (Å²) < 4.78 is 0. The number of hydrogen-bond donors (Lipinski definition) is 3. The van der Waals surface area contributed by atoms with Crippen molar-refractivity contribution in [1.29, 1.82) is 0 Å². The van der Waals surface area contributed by atoms with E-state index >= 15 is 0 Å². The van der Waals surface area contributed by atoms with Gasteiger partial charge in [-0.25, -0.2) is 4.79 Å². The number of carbonyl (C=O) groups is 1. The molecule has 0 unspecified atom stereocenters. The third-order valence-corrected chi connectivity index (χ3v) is 3.31. The molecule has 0 spiro atoms. The van der Waals surface area contributed by atoms with E-state index in [-0.39, 0.29) is 11.3 Å². The number of hydrogen-bond acceptors (Lipinski definition) is 4. The lowest BCUT2D eigenvalue weighted by Crippen LogP contribution is -1.96. The molecule has 0 aliphatic rings. The van der Waals surface area contributed by atoms with Crippen LogP contribution >= 0.6 is 11.8 Å². The first-order chi connectivity index (χ1) is 8.56. The van der Waals surface area contributed by atoms with Crippen molar-refractivity contribution in [1.82, 2.24) is 0 Å². The average Bonchev–Trinajstić information content (AvgIpc) is 2.32. The molecule has 0 aliphatic heterocycles. The van der Waals surface area contributed by atoms with E-state index in [0.29, 0.717) is 5.69 Å². The minimum atomic E-state index is -1.14. The van der Waals surface area contributed by atoms with Crippen molar-refractivity contribution in [2.75, 3.05) is 5.73 Å². The summed E-state index contributed by atoms with van der Waals surface area (Å²) in [4.78, 5) is 12.5. The normalized spacial score (nSPS) is 10.2. The minimum Gasteiger partial charge on any atom is -0.507 e. The average molecular weight is 261 g/mol. The molecule has 0 radical (unpaired) electrons. The number of nitrogens with two attached hydrogens (primary N) is 1. The zero-order valence-electron chi connectivity index (χ0n) is 9.33. The zero-order valence-corrected chi connectivity index (χ0v) is 10.1. The van der Waals surface area contributed by atoms with E-state index in [1.54, 1.807) is 18.2 Å². The van der Waals surface area contributed by atoms with Gasteiger partial charge in [-0.1, -0.05) is 11.8 Å². The van der Waals surface area contributed by atoms with Crippen LogP contribution in [0.2, 0.25) is 0 Å². The monoisotopic (exact) mass is 261 g/mol. The SMILES string of the molecule is Nc1ccc(Sc2ccc(C(=O)O)c(O)c2)cc1. The van der Waals surface area contributed by atoms with Crippen LogP contribution in [0.5, 0.6) is 5.75 Å². The Balaban J connectivity index is 2.22. The third-order valence-electron chi connectivity index (χ3n) is 2.32. The molecule has 2 rings (SSSR count). The number of benzene rings is 2. The minimum absolute atomic E-state index is 0.100. The molecule has 0 aliphatic carbocycles. The molecule has 0 bridgehead atoms.